The van der Waals surface area contributed by atoms with E-state index in [2.05, 4.69) is 26.2 Å². The number of hydrogen-bond donors (Lipinski definition) is 2. The van der Waals surface area contributed by atoms with Gasteiger partial charge in [-0.1, -0.05) is 6.07 Å². The highest BCUT2D eigenvalue weighted by molar-refractivity contribution is 9.10. The Morgan fingerprint density at radius 2 is 2.16 bits per heavy atom. The average molecular weight is 320 g/mol. The number of rotatable bonds is 3. The first-order valence-corrected chi connectivity index (χ1v) is 6.62. The number of nitrogens with one attached hydrogen (secondary N) is 1. The Morgan fingerprint density at radius 1 is 1.37 bits per heavy atom. The number of carbonyl (C=O) groups is 1. The Labute approximate surface area is 120 Å². The first-order valence-electron chi connectivity index (χ1n) is 5.82. The van der Waals surface area contributed by atoms with Gasteiger partial charge in [-0.25, -0.2) is 0 Å². The zero-order valence-electron chi connectivity index (χ0n) is 10.5. The van der Waals surface area contributed by atoms with Crippen LogP contribution in [0.25, 0.3) is 0 Å². The molecular formula is C14H14BrN3O. The van der Waals surface area contributed by atoms with E-state index in [1.54, 1.807) is 18.3 Å². The molecule has 1 amide bonds. The standard InChI is InChI=1S/C14H14BrN3O/c1-9-2-3-12(11(15)6-9)18-14(19)13-7-10(8-16)4-5-17-13/h2-7H,8,16H2,1H3,(H,18,19). The Balaban J connectivity index is 2.20. The molecule has 2 aromatic rings. The van der Waals surface area contributed by atoms with E-state index in [-0.39, 0.29) is 5.91 Å². The maximum Gasteiger partial charge on any atom is 0.274 e. The van der Waals surface area contributed by atoms with Crippen molar-refractivity contribution >= 4 is 27.5 Å². The van der Waals surface area contributed by atoms with Crippen LogP contribution in [0.2, 0.25) is 0 Å². The van der Waals surface area contributed by atoms with Crippen molar-refractivity contribution < 1.29 is 4.79 Å². The Bertz CT molecular complexity index is 613. The molecule has 0 aliphatic rings. The van der Waals surface area contributed by atoms with Gasteiger partial charge >= 0.3 is 0 Å². The smallest absolute Gasteiger partial charge is 0.274 e. The normalized spacial score (nSPS) is 10.3. The number of nitrogens with zero attached hydrogens (tertiary/aromatic N) is 1. The third-order valence-electron chi connectivity index (χ3n) is 2.67. The predicted octanol–water partition coefficient (Wildman–Crippen LogP) is 2.86. The van der Waals surface area contributed by atoms with Crippen LogP contribution in [0.15, 0.2) is 41.0 Å². The topological polar surface area (TPSA) is 68.0 Å². The number of aryl methyl sites for hydroxylation is 1. The highest BCUT2D eigenvalue weighted by atomic mass is 79.9. The molecule has 98 valence electrons. The number of amides is 1. The highest BCUT2D eigenvalue weighted by Crippen LogP contribution is 2.23. The van der Waals surface area contributed by atoms with Gasteiger partial charge in [0, 0.05) is 17.2 Å². The molecule has 0 atom stereocenters. The van der Waals surface area contributed by atoms with Crippen molar-refractivity contribution in [1.29, 1.82) is 0 Å². The van der Waals surface area contributed by atoms with Gasteiger partial charge in [-0.15, -0.1) is 0 Å². The summed E-state index contributed by atoms with van der Waals surface area (Å²) in [4.78, 5) is 16.1. The zero-order chi connectivity index (χ0) is 13.8. The van der Waals surface area contributed by atoms with E-state index in [0.29, 0.717) is 12.2 Å². The second-order valence-electron chi connectivity index (χ2n) is 4.19. The first-order chi connectivity index (χ1) is 9.10. The number of aromatic nitrogens is 1. The van der Waals surface area contributed by atoms with Gasteiger partial charge in [-0.05, 0) is 58.2 Å². The number of halogens is 1. The maximum absolute atomic E-state index is 12.1. The van der Waals surface area contributed by atoms with E-state index in [0.717, 1.165) is 21.3 Å². The van der Waals surface area contributed by atoms with Crippen molar-refractivity contribution in [2.45, 2.75) is 13.5 Å². The third kappa shape index (κ3) is 3.39. The number of benzene rings is 1. The Morgan fingerprint density at radius 3 is 2.84 bits per heavy atom. The quantitative estimate of drug-likeness (QED) is 0.914. The minimum Gasteiger partial charge on any atom is -0.326 e. The van der Waals surface area contributed by atoms with Crippen LogP contribution in [-0.2, 0) is 6.54 Å². The lowest BCUT2D eigenvalue weighted by Gasteiger charge is -2.08. The lowest BCUT2D eigenvalue weighted by molar-refractivity contribution is 0.102. The van der Waals surface area contributed by atoms with Crippen LogP contribution in [0.1, 0.15) is 21.6 Å². The Kier molecular flexibility index (Phi) is 4.29. The van der Waals surface area contributed by atoms with E-state index in [1.807, 2.05) is 25.1 Å². The summed E-state index contributed by atoms with van der Waals surface area (Å²) in [5.74, 6) is -0.250. The molecule has 0 bridgehead atoms. The number of nitrogens with two attached hydrogens (primary N) is 1. The van der Waals surface area contributed by atoms with Gasteiger partial charge < -0.3 is 11.1 Å². The van der Waals surface area contributed by atoms with Crippen LogP contribution in [0.3, 0.4) is 0 Å². The predicted molar refractivity (Wildman–Crippen MR) is 79.0 cm³/mol. The maximum atomic E-state index is 12.1. The molecule has 1 aromatic heterocycles. The molecule has 2 rings (SSSR count). The lowest BCUT2D eigenvalue weighted by Crippen LogP contribution is -2.14. The molecule has 0 fully saturated rings. The lowest BCUT2D eigenvalue weighted by atomic mass is 10.2. The summed E-state index contributed by atoms with van der Waals surface area (Å²) in [6.45, 7) is 2.37. The fourth-order valence-electron chi connectivity index (χ4n) is 1.63. The molecule has 0 saturated heterocycles. The van der Waals surface area contributed by atoms with E-state index < -0.39 is 0 Å². The summed E-state index contributed by atoms with van der Waals surface area (Å²) in [5, 5.41) is 2.82. The number of hydrogen-bond acceptors (Lipinski definition) is 3. The number of carbonyl (C=O) groups excluding carboxylic acids is 1. The van der Waals surface area contributed by atoms with Crippen LogP contribution in [-0.4, -0.2) is 10.9 Å². The van der Waals surface area contributed by atoms with Crippen LogP contribution < -0.4 is 11.1 Å². The van der Waals surface area contributed by atoms with E-state index in [4.69, 9.17) is 5.73 Å². The second-order valence-corrected chi connectivity index (χ2v) is 5.05. The van der Waals surface area contributed by atoms with Gasteiger partial charge in [0.25, 0.3) is 5.91 Å². The van der Waals surface area contributed by atoms with E-state index in [1.165, 1.54) is 0 Å². The first kappa shape index (κ1) is 13.7. The van der Waals surface area contributed by atoms with Gasteiger partial charge in [-0.3, -0.25) is 9.78 Å². The summed E-state index contributed by atoms with van der Waals surface area (Å²) in [5.41, 5.74) is 8.62. The summed E-state index contributed by atoms with van der Waals surface area (Å²) in [6.07, 6.45) is 1.58. The second kappa shape index (κ2) is 5.95. The molecule has 1 heterocycles. The van der Waals surface area contributed by atoms with Crippen LogP contribution in [0, 0.1) is 6.92 Å². The molecule has 0 saturated carbocycles. The van der Waals surface area contributed by atoms with Crippen molar-refractivity contribution in [3.05, 3.63) is 57.8 Å². The molecule has 1 aromatic carbocycles. The molecule has 3 N–H and O–H groups in total. The Hall–Kier alpha value is -1.72. The average Bonchev–Trinajstić information content (AvgIpc) is 2.42. The summed E-state index contributed by atoms with van der Waals surface area (Å²) in [7, 11) is 0. The van der Waals surface area contributed by atoms with Gasteiger partial charge in [-0.2, -0.15) is 0 Å². The van der Waals surface area contributed by atoms with Crippen LogP contribution >= 0.6 is 15.9 Å². The monoisotopic (exact) mass is 319 g/mol. The van der Waals surface area contributed by atoms with Crippen LogP contribution in [0.4, 0.5) is 5.69 Å². The van der Waals surface area contributed by atoms with E-state index in [9.17, 15) is 4.79 Å². The summed E-state index contributed by atoms with van der Waals surface area (Å²) < 4.78 is 0.843. The van der Waals surface area contributed by atoms with Gasteiger partial charge in [0.2, 0.25) is 0 Å². The fourth-order valence-corrected chi connectivity index (χ4v) is 2.23. The number of pyridine rings is 1. The minimum absolute atomic E-state index is 0.250. The molecule has 0 radical (unpaired) electrons. The molecular weight excluding hydrogens is 306 g/mol. The molecule has 0 unspecified atom stereocenters. The molecule has 19 heavy (non-hydrogen) atoms. The van der Waals surface area contributed by atoms with Crippen molar-refractivity contribution in [1.82, 2.24) is 4.98 Å². The molecule has 4 nitrogen and oxygen atoms in total. The zero-order valence-corrected chi connectivity index (χ0v) is 12.1. The summed E-state index contributed by atoms with van der Waals surface area (Å²) >= 11 is 3.42. The largest absolute Gasteiger partial charge is 0.326 e. The van der Waals surface area contributed by atoms with Crippen molar-refractivity contribution in [3.63, 3.8) is 0 Å². The van der Waals surface area contributed by atoms with E-state index >= 15 is 0 Å². The van der Waals surface area contributed by atoms with Gasteiger partial charge in [0.1, 0.15) is 5.69 Å². The van der Waals surface area contributed by atoms with Crippen molar-refractivity contribution in [2.24, 2.45) is 5.73 Å². The molecule has 5 heteroatoms. The van der Waals surface area contributed by atoms with Gasteiger partial charge in [0.05, 0.1) is 5.69 Å². The SMILES string of the molecule is Cc1ccc(NC(=O)c2cc(CN)ccn2)c(Br)c1. The summed E-state index contributed by atoms with van der Waals surface area (Å²) in [6, 6.07) is 9.21. The molecule has 0 aliphatic carbocycles. The highest BCUT2D eigenvalue weighted by Gasteiger charge is 2.10. The molecule has 0 spiro atoms. The van der Waals surface area contributed by atoms with Crippen molar-refractivity contribution in [3.8, 4) is 0 Å². The van der Waals surface area contributed by atoms with Crippen molar-refractivity contribution in [2.75, 3.05) is 5.32 Å². The number of anilines is 1. The fraction of sp³-hybridized carbons (Fsp3) is 0.143. The molecule has 0 aliphatic heterocycles. The third-order valence-corrected chi connectivity index (χ3v) is 3.32. The van der Waals surface area contributed by atoms with Crippen LogP contribution in [0.5, 0.6) is 0 Å². The minimum atomic E-state index is -0.250. The van der Waals surface area contributed by atoms with Gasteiger partial charge in [0.15, 0.2) is 0 Å².